The minimum absolute atomic E-state index is 0.187. The molecule has 2 aromatic rings. The molecule has 1 atom stereocenters. The lowest BCUT2D eigenvalue weighted by Gasteiger charge is -2.35. The summed E-state index contributed by atoms with van der Waals surface area (Å²) in [6, 6.07) is 4.34. The van der Waals surface area contributed by atoms with Gasteiger partial charge >= 0.3 is 0 Å². The summed E-state index contributed by atoms with van der Waals surface area (Å²) in [6.45, 7) is 4.15. The standard InChI is InChI=1S/C15H20N4O/c1-2-3-13-8-17-9-15(20)19(13)10-12-6-11-7-16-5-4-14(11)18-12/h4-7,13,17-18H,2-3,8-10H2,1H3/t13-/m0/s1. The lowest BCUT2D eigenvalue weighted by atomic mass is 10.1. The largest absolute Gasteiger partial charge is 0.357 e. The summed E-state index contributed by atoms with van der Waals surface area (Å²) in [7, 11) is 0. The van der Waals surface area contributed by atoms with Crippen LogP contribution in [0.5, 0.6) is 0 Å². The van der Waals surface area contributed by atoms with Gasteiger partial charge in [0.15, 0.2) is 0 Å². The Bertz CT molecular complexity index is 572. The lowest BCUT2D eigenvalue weighted by Crippen LogP contribution is -2.54. The number of fused-ring (bicyclic) bond motifs is 1. The van der Waals surface area contributed by atoms with Gasteiger partial charge in [0.25, 0.3) is 0 Å². The Labute approximate surface area is 118 Å². The predicted octanol–water partition coefficient (Wildman–Crippen LogP) is 1.66. The molecule has 1 saturated heterocycles. The Kier molecular flexibility index (Phi) is 3.69. The van der Waals surface area contributed by atoms with Crippen molar-refractivity contribution in [2.45, 2.75) is 32.4 Å². The Morgan fingerprint density at radius 3 is 3.20 bits per heavy atom. The quantitative estimate of drug-likeness (QED) is 0.890. The van der Waals surface area contributed by atoms with Crippen LogP contribution in [0.25, 0.3) is 10.9 Å². The maximum atomic E-state index is 12.1. The second-order valence-corrected chi connectivity index (χ2v) is 5.35. The van der Waals surface area contributed by atoms with E-state index in [-0.39, 0.29) is 5.91 Å². The second-order valence-electron chi connectivity index (χ2n) is 5.35. The van der Waals surface area contributed by atoms with Crippen molar-refractivity contribution in [3.63, 3.8) is 0 Å². The highest BCUT2D eigenvalue weighted by molar-refractivity contribution is 5.81. The van der Waals surface area contributed by atoms with Crippen LogP contribution in [0.1, 0.15) is 25.5 Å². The zero-order valence-corrected chi connectivity index (χ0v) is 11.7. The summed E-state index contributed by atoms with van der Waals surface area (Å²) in [5.41, 5.74) is 2.15. The zero-order chi connectivity index (χ0) is 13.9. The van der Waals surface area contributed by atoms with Crippen LogP contribution >= 0.6 is 0 Å². The average molecular weight is 272 g/mol. The first kappa shape index (κ1) is 13.1. The fraction of sp³-hybridized carbons (Fsp3) is 0.467. The number of hydrogen-bond acceptors (Lipinski definition) is 3. The topological polar surface area (TPSA) is 61.0 Å². The van der Waals surface area contributed by atoms with Gasteiger partial charge in [-0.2, -0.15) is 0 Å². The number of piperazine rings is 1. The highest BCUT2D eigenvalue weighted by Crippen LogP contribution is 2.18. The van der Waals surface area contributed by atoms with Gasteiger partial charge in [-0.25, -0.2) is 0 Å². The molecule has 0 aliphatic carbocycles. The summed E-state index contributed by atoms with van der Waals surface area (Å²) in [4.78, 5) is 21.6. The van der Waals surface area contributed by atoms with Crippen LogP contribution < -0.4 is 5.32 Å². The van der Waals surface area contributed by atoms with E-state index < -0.39 is 0 Å². The van der Waals surface area contributed by atoms with Crippen LogP contribution in [0.4, 0.5) is 0 Å². The fourth-order valence-corrected chi connectivity index (χ4v) is 2.87. The van der Waals surface area contributed by atoms with E-state index in [2.05, 4.69) is 28.3 Å². The molecule has 0 spiro atoms. The van der Waals surface area contributed by atoms with Crippen LogP contribution in [-0.4, -0.2) is 39.9 Å². The van der Waals surface area contributed by atoms with E-state index in [4.69, 9.17) is 0 Å². The first-order valence-corrected chi connectivity index (χ1v) is 7.19. The fourth-order valence-electron chi connectivity index (χ4n) is 2.87. The van der Waals surface area contributed by atoms with Gasteiger partial charge < -0.3 is 15.2 Å². The van der Waals surface area contributed by atoms with Gasteiger partial charge in [-0.1, -0.05) is 13.3 Å². The minimum atomic E-state index is 0.187. The normalized spacial score (nSPS) is 19.8. The van der Waals surface area contributed by atoms with Gasteiger partial charge in [-0.05, 0) is 18.6 Å². The molecule has 0 bridgehead atoms. The Morgan fingerprint density at radius 1 is 1.50 bits per heavy atom. The molecule has 0 aromatic carbocycles. The van der Waals surface area contributed by atoms with Gasteiger partial charge in [-0.15, -0.1) is 0 Å². The molecule has 2 aromatic heterocycles. The number of H-pyrrole nitrogens is 1. The SMILES string of the molecule is CCC[C@H]1CNCC(=O)N1Cc1cc2cnccc2[nH]1. The molecule has 3 rings (SSSR count). The second kappa shape index (κ2) is 5.63. The van der Waals surface area contributed by atoms with Gasteiger partial charge in [0.2, 0.25) is 5.91 Å². The Balaban J connectivity index is 1.81. The van der Waals surface area contributed by atoms with Gasteiger partial charge in [-0.3, -0.25) is 9.78 Å². The van der Waals surface area contributed by atoms with Gasteiger partial charge in [0.05, 0.1) is 13.1 Å². The number of hydrogen-bond donors (Lipinski definition) is 2. The average Bonchev–Trinajstić information content (AvgIpc) is 2.85. The van der Waals surface area contributed by atoms with Crippen molar-refractivity contribution in [3.05, 3.63) is 30.2 Å². The highest BCUT2D eigenvalue weighted by atomic mass is 16.2. The number of aromatic nitrogens is 2. The maximum Gasteiger partial charge on any atom is 0.237 e. The van der Waals surface area contributed by atoms with Crippen molar-refractivity contribution in [1.82, 2.24) is 20.2 Å². The first-order chi connectivity index (χ1) is 9.78. The molecule has 2 N–H and O–H groups in total. The molecule has 0 radical (unpaired) electrons. The van der Waals surface area contributed by atoms with Crippen molar-refractivity contribution in [2.24, 2.45) is 0 Å². The van der Waals surface area contributed by atoms with Crippen LogP contribution in [-0.2, 0) is 11.3 Å². The summed E-state index contributed by atoms with van der Waals surface area (Å²) < 4.78 is 0. The molecule has 1 aliphatic heterocycles. The molecule has 0 saturated carbocycles. The van der Waals surface area contributed by atoms with Gasteiger partial charge in [0, 0.05) is 41.6 Å². The number of pyridine rings is 1. The summed E-state index contributed by atoms with van der Waals surface area (Å²) in [5.74, 6) is 0.187. The molecule has 1 amide bonds. The molecule has 1 aliphatic rings. The van der Waals surface area contributed by atoms with Crippen LogP contribution in [0.3, 0.4) is 0 Å². The zero-order valence-electron chi connectivity index (χ0n) is 11.7. The molecule has 106 valence electrons. The minimum Gasteiger partial charge on any atom is -0.357 e. The molecule has 20 heavy (non-hydrogen) atoms. The number of aromatic amines is 1. The van der Waals surface area contributed by atoms with E-state index in [0.29, 0.717) is 19.1 Å². The maximum absolute atomic E-state index is 12.1. The Morgan fingerprint density at radius 2 is 2.40 bits per heavy atom. The van der Waals surface area contributed by atoms with Crippen molar-refractivity contribution in [2.75, 3.05) is 13.1 Å². The van der Waals surface area contributed by atoms with Crippen LogP contribution in [0.15, 0.2) is 24.5 Å². The first-order valence-electron chi connectivity index (χ1n) is 7.19. The molecule has 1 fully saturated rings. The molecular weight excluding hydrogens is 252 g/mol. The summed E-state index contributed by atoms with van der Waals surface area (Å²) in [6.07, 6.45) is 5.75. The third-order valence-electron chi connectivity index (χ3n) is 3.86. The number of carbonyl (C=O) groups excluding carboxylic acids is 1. The lowest BCUT2D eigenvalue weighted by molar-refractivity contribution is -0.135. The number of rotatable bonds is 4. The van der Waals surface area contributed by atoms with E-state index >= 15 is 0 Å². The third kappa shape index (κ3) is 2.54. The van der Waals surface area contributed by atoms with Crippen LogP contribution in [0, 0.1) is 0 Å². The molecule has 5 nitrogen and oxygen atoms in total. The molecular formula is C15H20N4O. The Hall–Kier alpha value is -1.88. The smallest absolute Gasteiger partial charge is 0.237 e. The molecule has 3 heterocycles. The van der Waals surface area contributed by atoms with E-state index in [0.717, 1.165) is 36.0 Å². The number of carbonyl (C=O) groups is 1. The summed E-state index contributed by atoms with van der Waals surface area (Å²) in [5, 5.41) is 4.29. The monoisotopic (exact) mass is 272 g/mol. The highest BCUT2D eigenvalue weighted by Gasteiger charge is 2.27. The van der Waals surface area contributed by atoms with Crippen molar-refractivity contribution in [1.29, 1.82) is 0 Å². The third-order valence-corrected chi connectivity index (χ3v) is 3.86. The van der Waals surface area contributed by atoms with Gasteiger partial charge in [0.1, 0.15) is 0 Å². The predicted molar refractivity (Wildman–Crippen MR) is 78.2 cm³/mol. The van der Waals surface area contributed by atoms with E-state index in [9.17, 15) is 4.79 Å². The van der Waals surface area contributed by atoms with E-state index in [1.54, 1.807) is 6.20 Å². The molecule has 0 unspecified atom stereocenters. The van der Waals surface area contributed by atoms with E-state index in [1.165, 1.54) is 0 Å². The van der Waals surface area contributed by atoms with Crippen molar-refractivity contribution in [3.8, 4) is 0 Å². The summed E-state index contributed by atoms with van der Waals surface area (Å²) >= 11 is 0. The van der Waals surface area contributed by atoms with Crippen LogP contribution in [0.2, 0.25) is 0 Å². The van der Waals surface area contributed by atoms with E-state index in [1.807, 2.05) is 17.2 Å². The number of nitrogens with one attached hydrogen (secondary N) is 2. The van der Waals surface area contributed by atoms with Crippen molar-refractivity contribution < 1.29 is 4.79 Å². The number of amides is 1. The van der Waals surface area contributed by atoms with Crippen molar-refractivity contribution >= 4 is 16.8 Å². The number of nitrogens with zero attached hydrogens (tertiary/aromatic N) is 2. The molecule has 5 heteroatoms.